The van der Waals surface area contributed by atoms with Crippen LogP contribution in [0.15, 0.2) is 16.5 Å². The first-order valence-electron chi connectivity index (χ1n) is 7.69. The van der Waals surface area contributed by atoms with Crippen LogP contribution in [0.2, 0.25) is 0 Å². The van der Waals surface area contributed by atoms with Gasteiger partial charge in [0.25, 0.3) is 0 Å². The van der Waals surface area contributed by atoms with Crippen LogP contribution in [0, 0.1) is 0 Å². The average Bonchev–Trinajstić information content (AvgIpc) is 2.95. The van der Waals surface area contributed by atoms with E-state index >= 15 is 0 Å². The first kappa shape index (κ1) is 16.0. The Kier molecular flexibility index (Phi) is 5.82. The van der Waals surface area contributed by atoms with Crippen molar-refractivity contribution in [2.45, 2.75) is 57.7 Å². The van der Waals surface area contributed by atoms with E-state index < -0.39 is 5.97 Å². The molecule has 0 spiro atoms. The maximum Gasteiger partial charge on any atom is 0.373 e. The Labute approximate surface area is 125 Å². The highest BCUT2D eigenvalue weighted by molar-refractivity contribution is 5.86. The average molecular weight is 295 g/mol. The van der Waals surface area contributed by atoms with Gasteiger partial charge in [-0.05, 0) is 31.9 Å². The molecule has 0 aliphatic heterocycles. The van der Waals surface area contributed by atoms with E-state index in [2.05, 4.69) is 9.64 Å². The molecule has 1 fully saturated rings. The summed E-state index contributed by atoms with van der Waals surface area (Å²) in [6.45, 7) is 3.04. The molecule has 0 radical (unpaired) electrons. The molecule has 0 saturated heterocycles. The van der Waals surface area contributed by atoms with Gasteiger partial charge in [0.15, 0.2) is 0 Å². The fourth-order valence-electron chi connectivity index (χ4n) is 3.00. The molecule has 2 rings (SSSR count). The third kappa shape index (κ3) is 4.58. The Morgan fingerprint density at radius 1 is 1.43 bits per heavy atom. The molecular weight excluding hydrogens is 270 g/mol. The third-order valence-electron chi connectivity index (χ3n) is 4.00. The summed E-state index contributed by atoms with van der Waals surface area (Å²) in [5.74, 6) is 0.510. The van der Waals surface area contributed by atoms with Crippen LogP contribution < -0.4 is 0 Å². The van der Waals surface area contributed by atoms with Gasteiger partial charge in [-0.1, -0.05) is 19.3 Å². The summed E-state index contributed by atoms with van der Waals surface area (Å²) in [5.41, 5.74) is 0. The molecule has 5 nitrogen and oxygen atoms in total. The number of esters is 1. The zero-order valence-corrected chi connectivity index (χ0v) is 12.9. The molecule has 1 unspecified atom stereocenters. The van der Waals surface area contributed by atoms with Crippen molar-refractivity contribution < 1.29 is 19.1 Å². The maximum absolute atomic E-state index is 11.4. The summed E-state index contributed by atoms with van der Waals surface area (Å²) >= 11 is 0. The second-order valence-corrected chi connectivity index (χ2v) is 5.83. The van der Waals surface area contributed by atoms with Crippen molar-refractivity contribution in [3.8, 4) is 0 Å². The number of nitrogens with zero attached hydrogens (tertiary/aromatic N) is 1. The van der Waals surface area contributed by atoms with E-state index in [-0.39, 0.29) is 11.9 Å². The standard InChI is InChI=1S/C16H25NO4/c1-12(18)10-17(13-6-4-3-5-7-13)11-14-8-9-15(21-14)16(19)20-2/h8-9,12-13,18H,3-7,10-11H2,1-2H3. The SMILES string of the molecule is COC(=O)c1ccc(CN(CC(C)O)C2CCCCC2)o1. The van der Waals surface area contributed by atoms with E-state index in [4.69, 9.17) is 4.42 Å². The zero-order valence-electron chi connectivity index (χ0n) is 12.9. The number of rotatable bonds is 6. The second kappa shape index (κ2) is 7.61. The zero-order chi connectivity index (χ0) is 15.2. The summed E-state index contributed by atoms with van der Waals surface area (Å²) in [7, 11) is 1.34. The van der Waals surface area contributed by atoms with Crippen molar-refractivity contribution in [2.24, 2.45) is 0 Å². The van der Waals surface area contributed by atoms with Gasteiger partial charge in [-0.2, -0.15) is 0 Å². The summed E-state index contributed by atoms with van der Waals surface area (Å²) in [4.78, 5) is 13.7. The molecule has 5 heteroatoms. The van der Waals surface area contributed by atoms with Crippen molar-refractivity contribution in [3.63, 3.8) is 0 Å². The highest BCUT2D eigenvalue weighted by atomic mass is 16.5. The third-order valence-corrected chi connectivity index (χ3v) is 4.00. The Morgan fingerprint density at radius 2 is 2.14 bits per heavy atom. The number of aliphatic hydroxyl groups is 1. The number of methoxy groups -OCH3 is 1. The van der Waals surface area contributed by atoms with Gasteiger partial charge in [-0.25, -0.2) is 4.79 Å². The Hall–Kier alpha value is -1.33. The first-order chi connectivity index (χ1) is 10.1. The Bertz CT molecular complexity index is 449. The monoisotopic (exact) mass is 295 g/mol. The molecule has 0 bridgehead atoms. The van der Waals surface area contributed by atoms with Crippen LogP contribution in [0.5, 0.6) is 0 Å². The lowest BCUT2D eigenvalue weighted by Crippen LogP contribution is -2.40. The largest absolute Gasteiger partial charge is 0.463 e. The van der Waals surface area contributed by atoms with Crippen molar-refractivity contribution >= 4 is 5.97 Å². The van der Waals surface area contributed by atoms with E-state index in [0.717, 1.165) is 18.6 Å². The Balaban J connectivity index is 2.03. The molecule has 0 amide bonds. The molecule has 0 aromatic carbocycles. The first-order valence-corrected chi connectivity index (χ1v) is 7.69. The number of furan rings is 1. The summed E-state index contributed by atoms with van der Waals surface area (Å²) in [6.07, 6.45) is 5.74. The topological polar surface area (TPSA) is 62.9 Å². The van der Waals surface area contributed by atoms with Gasteiger partial charge in [0.1, 0.15) is 5.76 Å². The van der Waals surface area contributed by atoms with Crippen LogP contribution in [0.4, 0.5) is 0 Å². The number of aliphatic hydroxyl groups excluding tert-OH is 1. The van der Waals surface area contributed by atoms with Crippen molar-refractivity contribution in [2.75, 3.05) is 13.7 Å². The minimum atomic E-state index is -0.457. The van der Waals surface area contributed by atoms with Crippen molar-refractivity contribution in [1.82, 2.24) is 4.90 Å². The van der Waals surface area contributed by atoms with E-state index in [0.29, 0.717) is 19.1 Å². The van der Waals surface area contributed by atoms with Crippen LogP contribution >= 0.6 is 0 Å². The highest BCUT2D eigenvalue weighted by Crippen LogP contribution is 2.24. The number of ether oxygens (including phenoxy) is 1. The van der Waals surface area contributed by atoms with Crippen molar-refractivity contribution in [3.05, 3.63) is 23.7 Å². The molecule has 118 valence electrons. The predicted molar refractivity (Wildman–Crippen MR) is 79.0 cm³/mol. The van der Waals surface area contributed by atoms with Gasteiger partial charge < -0.3 is 14.3 Å². The maximum atomic E-state index is 11.4. The van der Waals surface area contributed by atoms with E-state index in [1.807, 2.05) is 6.07 Å². The minimum Gasteiger partial charge on any atom is -0.463 e. The Morgan fingerprint density at radius 3 is 2.76 bits per heavy atom. The van der Waals surface area contributed by atoms with E-state index in [1.54, 1.807) is 13.0 Å². The predicted octanol–water partition coefficient (Wildman–Crippen LogP) is 2.58. The minimum absolute atomic E-state index is 0.230. The smallest absolute Gasteiger partial charge is 0.373 e. The summed E-state index contributed by atoms with van der Waals surface area (Å²) in [5, 5.41) is 9.72. The van der Waals surface area contributed by atoms with Gasteiger partial charge in [0, 0.05) is 12.6 Å². The lowest BCUT2D eigenvalue weighted by Gasteiger charge is -2.34. The molecule has 1 saturated carbocycles. The molecule has 1 atom stereocenters. The number of carbonyl (C=O) groups excluding carboxylic acids is 1. The molecule has 21 heavy (non-hydrogen) atoms. The lowest BCUT2D eigenvalue weighted by molar-refractivity contribution is 0.0546. The normalized spacial score (nSPS) is 17.9. The van der Waals surface area contributed by atoms with Gasteiger partial charge in [-0.3, -0.25) is 4.90 Å². The van der Waals surface area contributed by atoms with Gasteiger partial charge >= 0.3 is 5.97 Å². The molecule has 1 aromatic rings. The number of hydrogen-bond donors (Lipinski definition) is 1. The molecule has 1 heterocycles. The lowest BCUT2D eigenvalue weighted by atomic mass is 9.94. The molecule has 1 aromatic heterocycles. The van der Waals surface area contributed by atoms with Crippen LogP contribution in [-0.4, -0.2) is 41.8 Å². The van der Waals surface area contributed by atoms with Crippen LogP contribution in [0.1, 0.15) is 55.3 Å². The van der Waals surface area contributed by atoms with Crippen LogP contribution in [0.25, 0.3) is 0 Å². The van der Waals surface area contributed by atoms with Crippen LogP contribution in [-0.2, 0) is 11.3 Å². The van der Waals surface area contributed by atoms with Gasteiger partial charge in [-0.15, -0.1) is 0 Å². The molecule has 1 aliphatic rings. The summed E-state index contributed by atoms with van der Waals surface area (Å²) < 4.78 is 10.2. The quantitative estimate of drug-likeness (QED) is 0.817. The fourth-order valence-corrected chi connectivity index (χ4v) is 3.00. The van der Waals surface area contributed by atoms with E-state index in [9.17, 15) is 9.90 Å². The second-order valence-electron chi connectivity index (χ2n) is 5.83. The van der Waals surface area contributed by atoms with Crippen LogP contribution in [0.3, 0.4) is 0 Å². The van der Waals surface area contributed by atoms with E-state index in [1.165, 1.54) is 26.4 Å². The fraction of sp³-hybridized carbons (Fsp3) is 0.688. The summed E-state index contributed by atoms with van der Waals surface area (Å²) in [6, 6.07) is 3.94. The number of carbonyl (C=O) groups is 1. The van der Waals surface area contributed by atoms with Gasteiger partial charge in [0.05, 0.1) is 19.8 Å². The van der Waals surface area contributed by atoms with Gasteiger partial charge in [0.2, 0.25) is 5.76 Å². The molecule has 1 aliphatic carbocycles. The molecule has 1 N–H and O–H groups in total. The molecular formula is C16H25NO4. The highest BCUT2D eigenvalue weighted by Gasteiger charge is 2.23. The number of hydrogen-bond acceptors (Lipinski definition) is 5. The van der Waals surface area contributed by atoms with Crippen molar-refractivity contribution in [1.29, 1.82) is 0 Å².